The van der Waals surface area contributed by atoms with Gasteiger partial charge in [0.2, 0.25) is 5.91 Å². The average Bonchev–Trinajstić information content (AvgIpc) is 2.47. The zero-order chi connectivity index (χ0) is 14.5. The van der Waals surface area contributed by atoms with Gasteiger partial charge in [-0.1, -0.05) is 17.7 Å². The first-order valence-corrected chi connectivity index (χ1v) is 6.82. The van der Waals surface area contributed by atoms with Crippen molar-refractivity contribution in [2.75, 3.05) is 39.8 Å². The lowest BCUT2D eigenvalue weighted by molar-refractivity contribution is -0.122. The van der Waals surface area contributed by atoms with Crippen molar-refractivity contribution in [1.29, 1.82) is 0 Å². The Bertz CT molecular complexity index is 501. The molecule has 0 radical (unpaired) electrons. The lowest BCUT2D eigenvalue weighted by Gasteiger charge is -2.34. The zero-order valence-corrected chi connectivity index (χ0v) is 12.1. The maximum absolute atomic E-state index is 12.2. The van der Waals surface area contributed by atoms with Gasteiger partial charge in [-0.15, -0.1) is 0 Å². The fourth-order valence-electron chi connectivity index (χ4n) is 2.08. The Labute approximate surface area is 122 Å². The third-order valence-corrected chi connectivity index (χ3v) is 3.45. The summed E-state index contributed by atoms with van der Waals surface area (Å²) in [6.07, 6.45) is 0. The lowest BCUT2D eigenvalue weighted by atomic mass is 10.2. The molecule has 1 aliphatic rings. The topological polar surface area (TPSA) is 65.5 Å². The predicted molar refractivity (Wildman–Crippen MR) is 75.7 cm³/mol. The molecule has 6 nitrogen and oxygen atoms in total. The van der Waals surface area contributed by atoms with Crippen molar-refractivity contribution in [1.82, 2.24) is 20.1 Å². The van der Waals surface area contributed by atoms with Crippen molar-refractivity contribution in [2.45, 2.75) is 0 Å². The van der Waals surface area contributed by atoms with Crippen molar-refractivity contribution in [3.63, 3.8) is 0 Å². The molecule has 1 aliphatic heterocycles. The highest BCUT2D eigenvalue weighted by Gasteiger charge is 2.23. The number of aromatic nitrogens is 1. The van der Waals surface area contributed by atoms with Crippen LogP contribution in [0.3, 0.4) is 0 Å². The minimum atomic E-state index is -0.118. The minimum absolute atomic E-state index is 0.0127. The van der Waals surface area contributed by atoms with E-state index in [4.69, 9.17) is 11.6 Å². The zero-order valence-electron chi connectivity index (χ0n) is 11.3. The van der Waals surface area contributed by atoms with E-state index in [0.717, 1.165) is 0 Å². The van der Waals surface area contributed by atoms with Crippen LogP contribution in [0.5, 0.6) is 0 Å². The number of piperazine rings is 1. The van der Waals surface area contributed by atoms with Crippen molar-refractivity contribution in [3.8, 4) is 0 Å². The minimum Gasteiger partial charge on any atom is -0.358 e. The molecule has 7 heteroatoms. The number of hydrogen-bond donors (Lipinski definition) is 1. The van der Waals surface area contributed by atoms with E-state index in [1.54, 1.807) is 30.1 Å². The molecule has 0 spiro atoms. The highest BCUT2D eigenvalue weighted by molar-refractivity contribution is 6.29. The number of pyridine rings is 1. The predicted octanol–water partition coefficient (Wildman–Crippen LogP) is 0.239. The quantitative estimate of drug-likeness (QED) is 0.812. The molecular formula is C13H17ClN4O2. The molecule has 2 rings (SSSR count). The summed E-state index contributed by atoms with van der Waals surface area (Å²) in [6.45, 7) is 2.90. The van der Waals surface area contributed by atoms with Gasteiger partial charge in [0.05, 0.1) is 6.54 Å². The van der Waals surface area contributed by atoms with E-state index in [-0.39, 0.29) is 11.8 Å². The van der Waals surface area contributed by atoms with Crippen molar-refractivity contribution < 1.29 is 9.59 Å². The number of halogens is 1. The first kappa shape index (κ1) is 14.7. The van der Waals surface area contributed by atoms with Crippen LogP contribution < -0.4 is 5.32 Å². The Kier molecular flexibility index (Phi) is 4.92. The van der Waals surface area contributed by atoms with Gasteiger partial charge in [0.15, 0.2) is 0 Å². The molecule has 2 heterocycles. The fraction of sp³-hybridized carbons (Fsp3) is 0.462. The van der Waals surface area contributed by atoms with Crippen LogP contribution in [0.15, 0.2) is 18.2 Å². The second-order valence-corrected chi connectivity index (χ2v) is 4.97. The fourth-order valence-corrected chi connectivity index (χ4v) is 2.24. The molecule has 1 aromatic rings. The summed E-state index contributed by atoms with van der Waals surface area (Å²) in [5.74, 6) is -0.131. The molecule has 0 unspecified atom stereocenters. The normalized spacial score (nSPS) is 16.0. The van der Waals surface area contributed by atoms with Gasteiger partial charge in [-0.05, 0) is 12.1 Å². The highest BCUT2D eigenvalue weighted by atomic mass is 35.5. The SMILES string of the molecule is CNC(=O)CN1CCN(C(=O)c2cccc(Cl)n2)CC1. The number of carbonyl (C=O) groups is 2. The van der Waals surface area contributed by atoms with Crippen LogP contribution in [0.2, 0.25) is 5.15 Å². The van der Waals surface area contributed by atoms with Crippen molar-refractivity contribution in [2.24, 2.45) is 0 Å². The summed E-state index contributed by atoms with van der Waals surface area (Å²) in [6, 6.07) is 5.01. The smallest absolute Gasteiger partial charge is 0.272 e. The lowest BCUT2D eigenvalue weighted by Crippen LogP contribution is -2.51. The molecule has 1 fully saturated rings. The van der Waals surface area contributed by atoms with E-state index >= 15 is 0 Å². The first-order valence-electron chi connectivity index (χ1n) is 6.45. The van der Waals surface area contributed by atoms with E-state index in [9.17, 15) is 9.59 Å². The molecule has 1 saturated heterocycles. The first-order chi connectivity index (χ1) is 9.60. The molecule has 0 atom stereocenters. The summed E-state index contributed by atoms with van der Waals surface area (Å²) in [5.41, 5.74) is 0.359. The Balaban J connectivity index is 1.90. The van der Waals surface area contributed by atoms with Gasteiger partial charge >= 0.3 is 0 Å². The standard InChI is InChI=1S/C13H17ClN4O2/c1-15-12(19)9-17-5-7-18(8-6-17)13(20)10-3-2-4-11(14)16-10/h2-4H,5-9H2,1H3,(H,15,19). The molecular weight excluding hydrogens is 280 g/mol. The largest absolute Gasteiger partial charge is 0.358 e. The second-order valence-electron chi connectivity index (χ2n) is 4.59. The number of nitrogens with zero attached hydrogens (tertiary/aromatic N) is 3. The van der Waals surface area contributed by atoms with E-state index in [1.165, 1.54) is 0 Å². The number of likely N-dealkylation sites (N-methyl/N-ethyl adjacent to an activating group) is 1. The molecule has 108 valence electrons. The van der Waals surface area contributed by atoms with Gasteiger partial charge in [-0.2, -0.15) is 0 Å². The average molecular weight is 297 g/mol. The summed E-state index contributed by atoms with van der Waals surface area (Å²) in [4.78, 5) is 31.3. The molecule has 2 amide bonds. The number of carbonyl (C=O) groups excluding carboxylic acids is 2. The Morgan fingerprint density at radius 3 is 2.60 bits per heavy atom. The van der Waals surface area contributed by atoms with E-state index < -0.39 is 0 Å². The van der Waals surface area contributed by atoms with Crippen LogP contribution in [0, 0.1) is 0 Å². The molecule has 0 aliphatic carbocycles. The van der Waals surface area contributed by atoms with Gasteiger partial charge in [0.1, 0.15) is 10.8 Å². The van der Waals surface area contributed by atoms with Gasteiger partial charge in [-0.25, -0.2) is 4.98 Å². The van der Waals surface area contributed by atoms with E-state index in [0.29, 0.717) is 43.6 Å². The molecule has 1 N–H and O–H groups in total. The summed E-state index contributed by atoms with van der Waals surface area (Å²) >= 11 is 5.79. The number of rotatable bonds is 3. The van der Waals surface area contributed by atoms with E-state index in [2.05, 4.69) is 10.3 Å². The molecule has 1 aromatic heterocycles. The summed E-state index contributed by atoms with van der Waals surface area (Å²) < 4.78 is 0. The van der Waals surface area contributed by atoms with Crippen LogP contribution in [-0.2, 0) is 4.79 Å². The maximum atomic E-state index is 12.2. The van der Waals surface area contributed by atoms with Gasteiger partial charge in [-0.3, -0.25) is 14.5 Å². The molecule has 20 heavy (non-hydrogen) atoms. The third kappa shape index (κ3) is 3.68. The number of amides is 2. The van der Waals surface area contributed by atoms with Crippen molar-refractivity contribution in [3.05, 3.63) is 29.0 Å². The van der Waals surface area contributed by atoms with Gasteiger partial charge < -0.3 is 10.2 Å². The van der Waals surface area contributed by atoms with Gasteiger partial charge in [0, 0.05) is 33.2 Å². The Morgan fingerprint density at radius 1 is 1.30 bits per heavy atom. The van der Waals surface area contributed by atoms with Crippen molar-refractivity contribution >= 4 is 23.4 Å². The van der Waals surface area contributed by atoms with Crippen LogP contribution in [0.4, 0.5) is 0 Å². The highest BCUT2D eigenvalue weighted by Crippen LogP contribution is 2.10. The molecule has 0 aromatic carbocycles. The Hall–Kier alpha value is -1.66. The van der Waals surface area contributed by atoms with Gasteiger partial charge in [0.25, 0.3) is 5.91 Å². The van der Waals surface area contributed by atoms with Crippen LogP contribution in [-0.4, -0.2) is 66.4 Å². The number of hydrogen-bond acceptors (Lipinski definition) is 4. The second kappa shape index (κ2) is 6.67. The van der Waals surface area contributed by atoms with E-state index in [1.807, 2.05) is 4.90 Å². The van der Waals surface area contributed by atoms with Crippen LogP contribution in [0.25, 0.3) is 0 Å². The van der Waals surface area contributed by atoms with Crippen LogP contribution >= 0.6 is 11.6 Å². The maximum Gasteiger partial charge on any atom is 0.272 e. The van der Waals surface area contributed by atoms with Crippen LogP contribution in [0.1, 0.15) is 10.5 Å². The third-order valence-electron chi connectivity index (χ3n) is 3.24. The molecule has 0 bridgehead atoms. The summed E-state index contributed by atoms with van der Waals surface area (Å²) in [7, 11) is 1.62. The number of nitrogens with one attached hydrogen (secondary N) is 1. The Morgan fingerprint density at radius 2 is 2.00 bits per heavy atom. The summed E-state index contributed by atoms with van der Waals surface area (Å²) in [5, 5.41) is 2.91. The molecule has 0 saturated carbocycles. The monoisotopic (exact) mass is 296 g/mol.